The molecule has 148 valence electrons. The molecule has 2 unspecified atom stereocenters. The molecule has 0 radical (unpaired) electrons. The first-order chi connectivity index (χ1) is 12.2. The van der Waals surface area contributed by atoms with Crippen LogP contribution in [0.5, 0.6) is 0 Å². The maximum atomic E-state index is 10.3. The molecule has 27 heavy (non-hydrogen) atoms. The molecule has 2 rings (SSSR count). The Kier molecular flexibility index (Phi) is 10.8. The molecule has 0 saturated heterocycles. The maximum Gasteiger partial charge on any atom is 0.307 e. The van der Waals surface area contributed by atoms with Crippen LogP contribution in [-0.4, -0.2) is 44.3 Å². The fourth-order valence-electron chi connectivity index (χ4n) is 2.51. The second kappa shape index (κ2) is 12.0. The van der Waals surface area contributed by atoms with Crippen molar-refractivity contribution in [3.63, 3.8) is 0 Å². The number of carboxylic acid groups (broad SMARTS) is 4. The molecule has 9 heteroatoms. The Balaban J connectivity index is 0.000000483. The molecule has 0 fully saturated rings. The summed E-state index contributed by atoms with van der Waals surface area (Å²) < 4.78 is 0. The summed E-state index contributed by atoms with van der Waals surface area (Å²) in [4.78, 5) is 41.2. The van der Waals surface area contributed by atoms with E-state index < -0.39 is 23.9 Å². The van der Waals surface area contributed by atoms with Crippen molar-refractivity contribution in [1.29, 1.82) is 0 Å². The zero-order valence-corrected chi connectivity index (χ0v) is 16.0. The molecule has 2 aliphatic rings. The van der Waals surface area contributed by atoms with Crippen LogP contribution in [0.4, 0.5) is 0 Å². The van der Waals surface area contributed by atoms with Crippen LogP contribution in [0, 0.1) is 11.8 Å². The minimum absolute atomic E-state index is 0. The minimum atomic E-state index is -0.896. The molecular weight excluding hydrogens is 445 g/mol. The summed E-state index contributed by atoms with van der Waals surface area (Å²) in [6.45, 7) is 0. The van der Waals surface area contributed by atoms with Crippen molar-refractivity contribution in [2.24, 2.45) is 11.8 Å². The molecule has 0 saturated carbocycles. The molecule has 0 bridgehead atoms. The summed E-state index contributed by atoms with van der Waals surface area (Å²) in [5, 5.41) is 33.8. The molecule has 0 aliphatic heterocycles. The van der Waals surface area contributed by atoms with Crippen molar-refractivity contribution in [3.05, 3.63) is 47.6 Å². The molecule has 0 heterocycles. The molecule has 0 spiro atoms. The Labute approximate surface area is 168 Å². The number of carbonyl (C=O) groups is 4. The zero-order chi connectivity index (χ0) is 19.7. The number of rotatable bonds is 8. The summed E-state index contributed by atoms with van der Waals surface area (Å²) in [7, 11) is 0. The summed E-state index contributed by atoms with van der Waals surface area (Å²) in [5.74, 6) is -3.83. The maximum absolute atomic E-state index is 10.3. The van der Waals surface area contributed by atoms with E-state index in [1.54, 1.807) is 36.5 Å². The Hall–Kier alpha value is -2.54. The van der Waals surface area contributed by atoms with Gasteiger partial charge in [0, 0.05) is 31.3 Å². The van der Waals surface area contributed by atoms with E-state index in [2.05, 4.69) is 0 Å². The van der Waals surface area contributed by atoms with Gasteiger partial charge in [0.15, 0.2) is 0 Å². The number of hydrogen-bond acceptors (Lipinski definition) is 4. The average Bonchev–Trinajstić information content (AvgIpc) is 3.07. The van der Waals surface area contributed by atoms with E-state index in [1.165, 1.54) is 0 Å². The first kappa shape index (κ1) is 24.5. The number of carboxylic acids is 4. The Morgan fingerprint density at radius 3 is 1.26 bits per heavy atom. The van der Waals surface area contributed by atoms with Gasteiger partial charge >= 0.3 is 23.9 Å². The molecule has 8 nitrogen and oxygen atoms in total. The van der Waals surface area contributed by atoms with Crippen LogP contribution in [0.1, 0.15) is 25.7 Å². The number of hydrogen-bond donors (Lipinski definition) is 4. The number of allylic oxidation sites excluding steroid dienone is 6. The summed E-state index contributed by atoms with van der Waals surface area (Å²) in [6.07, 6.45) is 10.1. The summed E-state index contributed by atoms with van der Waals surface area (Å²) in [6, 6.07) is 0. The van der Waals surface area contributed by atoms with Crippen molar-refractivity contribution < 1.29 is 59.1 Å². The molecule has 2 aliphatic carbocycles. The van der Waals surface area contributed by atoms with Crippen molar-refractivity contribution in [2.45, 2.75) is 25.7 Å². The molecule has 0 aromatic carbocycles. The van der Waals surface area contributed by atoms with Crippen LogP contribution < -0.4 is 0 Å². The fraction of sp³-hybridized carbons (Fsp3) is 0.333. The van der Waals surface area contributed by atoms with Crippen LogP contribution in [0.2, 0.25) is 0 Å². The molecule has 4 N–H and O–H groups in total. The predicted octanol–water partition coefficient (Wildman–Crippen LogP) is 2.09. The second-order valence-electron chi connectivity index (χ2n) is 5.87. The van der Waals surface area contributed by atoms with Crippen LogP contribution in [0.3, 0.4) is 0 Å². The van der Waals surface area contributed by atoms with Gasteiger partial charge in [0.25, 0.3) is 0 Å². The summed E-state index contributed by atoms with van der Waals surface area (Å²) >= 11 is 0. The monoisotopic (exact) mass is 466 g/mol. The fourth-order valence-corrected chi connectivity index (χ4v) is 2.51. The molecular formula is C18H20O8Ru. The van der Waals surface area contributed by atoms with E-state index in [1.807, 2.05) is 0 Å². The van der Waals surface area contributed by atoms with Gasteiger partial charge in [-0.15, -0.1) is 0 Å². The first-order valence-electron chi connectivity index (χ1n) is 7.80. The van der Waals surface area contributed by atoms with Crippen LogP contribution in [-0.2, 0) is 38.7 Å². The van der Waals surface area contributed by atoms with Crippen molar-refractivity contribution >= 4 is 23.9 Å². The Bertz CT molecular complexity index is 642. The van der Waals surface area contributed by atoms with E-state index in [9.17, 15) is 19.2 Å². The van der Waals surface area contributed by atoms with Crippen LogP contribution in [0.25, 0.3) is 0 Å². The van der Waals surface area contributed by atoms with Gasteiger partial charge in [-0.05, 0) is 11.1 Å². The van der Waals surface area contributed by atoms with Crippen LogP contribution >= 0.6 is 0 Å². The zero-order valence-electron chi connectivity index (χ0n) is 14.2. The normalized spacial score (nSPS) is 19.3. The topological polar surface area (TPSA) is 149 Å². The average molecular weight is 465 g/mol. The summed E-state index contributed by atoms with van der Waals surface area (Å²) in [5.41, 5.74) is 1.36. The van der Waals surface area contributed by atoms with Gasteiger partial charge < -0.3 is 20.4 Å². The Morgan fingerprint density at radius 2 is 1.00 bits per heavy atom. The molecule has 2 atom stereocenters. The predicted molar refractivity (Wildman–Crippen MR) is 90.4 cm³/mol. The largest absolute Gasteiger partial charge is 0.481 e. The van der Waals surface area contributed by atoms with E-state index >= 15 is 0 Å². The van der Waals surface area contributed by atoms with E-state index in [4.69, 9.17) is 20.4 Å². The van der Waals surface area contributed by atoms with E-state index in [-0.39, 0.29) is 57.0 Å². The van der Waals surface area contributed by atoms with Gasteiger partial charge in [0.05, 0.1) is 25.7 Å². The van der Waals surface area contributed by atoms with E-state index in [0.717, 1.165) is 0 Å². The Morgan fingerprint density at radius 1 is 0.667 bits per heavy atom. The van der Waals surface area contributed by atoms with Gasteiger partial charge in [-0.2, -0.15) is 0 Å². The molecule has 0 aromatic heterocycles. The smallest absolute Gasteiger partial charge is 0.307 e. The first-order valence-corrected chi connectivity index (χ1v) is 7.80. The van der Waals surface area contributed by atoms with Gasteiger partial charge in [-0.1, -0.05) is 36.5 Å². The van der Waals surface area contributed by atoms with Gasteiger partial charge in [0.2, 0.25) is 0 Å². The van der Waals surface area contributed by atoms with Gasteiger partial charge in [-0.3, -0.25) is 19.2 Å². The van der Waals surface area contributed by atoms with Crippen molar-refractivity contribution in [1.82, 2.24) is 0 Å². The SMILES string of the molecule is O=C(O)CC1=CC(CC(=O)O)C=C1.O=C(O)CC1=CC(CC(=O)O)C=C1.[Ru]. The molecule has 0 aromatic rings. The standard InChI is InChI=1S/2C9H10O4.Ru/c2*10-8(11)4-6-1-2-7(3-6)5-9(12)13;/h2*1-3,6H,4-5H2,(H,10,11)(H,12,13);. The quantitative estimate of drug-likeness (QED) is 0.398. The minimum Gasteiger partial charge on any atom is -0.481 e. The second-order valence-corrected chi connectivity index (χ2v) is 5.87. The van der Waals surface area contributed by atoms with E-state index in [0.29, 0.717) is 11.1 Å². The molecule has 0 amide bonds. The third kappa shape index (κ3) is 10.9. The van der Waals surface area contributed by atoms with Gasteiger partial charge in [-0.25, -0.2) is 0 Å². The van der Waals surface area contributed by atoms with Crippen LogP contribution in [0.15, 0.2) is 47.6 Å². The third-order valence-corrected chi connectivity index (χ3v) is 3.50. The van der Waals surface area contributed by atoms with Crippen molar-refractivity contribution in [3.8, 4) is 0 Å². The number of aliphatic carboxylic acids is 4. The third-order valence-electron chi connectivity index (χ3n) is 3.50. The van der Waals surface area contributed by atoms with Crippen molar-refractivity contribution in [2.75, 3.05) is 0 Å². The van der Waals surface area contributed by atoms with Gasteiger partial charge in [0.1, 0.15) is 0 Å².